The molecular weight excluding hydrogens is 260 g/mol. The average molecular weight is 290 g/mol. The monoisotopic (exact) mass is 290 g/mol. The normalized spacial score (nSPS) is 17.3. The van der Waals surface area contributed by atoms with Gasteiger partial charge in [0.25, 0.3) is 0 Å². The van der Waals surface area contributed by atoms with E-state index in [0.717, 1.165) is 37.0 Å². The van der Waals surface area contributed by atoms with E-state index in [1.54, 1.807) is 0 Å². The molecule has 21 heavy (non-hydrogen) atoms. The van der Waals surface area contributed by atoms with Crippen molar-refractivity contribution in [2.75, 3.05) is 24.5 Å². The van der Waals surface area contributed by atoms with Crippen LogP contribution in [0.5, 0.6) is 0 Å². The standard InChI is InChI=1S/C17H30N4/c1-12(11-18-17(4,5)6)15-13(2)19-16(20-14(15)3)21-9-7-8-10-21/h12,18H,7-11H2,1-6H3. The molecule has 1 N–H and O–H groups in total. The molecule has 4 heteroatoms. The molecule has 1 aromatic rings. The molecule has 1 aliphatic rings. The van der Waals surface area contributed by atoms with Gasteiger partial charge in [-0.2, -0.15) is 0 Å². The number of hydrogen-bond acceptors (Lipinski definition) is 4. The highest BCUT2D eigenvalue weighted by Crippen LogP contribution is 2.25. The van der Waals surface area contributed by atoms with Gasteiger partial charge in [-0.15, -0.1) is 0 Å². The van der Waals surface area contributed by atoms with Crippen LogP contribution in [0.2, 0.25) is 0 Å². The van der Waals surface area contributed by atoms with Crippen molar-refractivity contribution in [2.45, 2.75) is 65.8 Å². The Balaban J connectivity index is 2.16. The van der Waals surface area contributed by atoms with Gasteiger partial charge < -0.3 is 10.2 Å². The molecule has 1 aliphatic heterocycles. The van der Waals surface area contributed by atoms with Gasteiger partial charge in [-0.25, -0.2) is 9.97 Å². The van der Waals surface area contributed by atoms with E-state index in [4.69, 9.17) is 9.97 Å². The highest BCUT2D eigenvalue weighted by molar-refractivity contribution is 5.38. The summed E-state index contributed by atoms with van der Waals surface area (Å²) in [5.74, 6) is 1.35. The third-order valence-corrected chi connectivity index (χ3v) is 4.14. The Bertz CT molecular complexity index is 461. The van der Waals surface area contributed by atoms with Gasteiger partial charge in [-0.1, -0.05) is 6.92 Å². The van der Waals surface area contributed by atoms with Gasteiger partial charge in [0.05, 0.1) is 0 Å². The summed E-state index contributed by atoms with van der Waals surface area (Å²) in [7, 11) is 0. The van der Waals surface area contributed by atoms with Gasteiger partial charge in [0, 0.05) is 36.6 Å². The molecule has 1 aromatic heterocycles. The third kappa shape index (κ3) is 4.16. The van der Waals surface area contributed by atoms with Crippen LogP contribution in [0.25, 0.3) is 0 Å². The van der Waals surface area contributed by atoms with Crippen LogP contribution in [0, 0.1) is 13.8 Å². The molecule has 118 valence electrons. The Morgan fingerprint density at radius 3 is 2.10 bits per heavy atom. The second-order valence-corrected chi connectivity index (χ2v) is 7.33. The van der Waals surface area contributed by atoms with Crippen LogP contribution in [-0.2, 0) is 0 Å². The molecule has 0 bridgehead atoms. The SMILES string of the molecule is Cc1nc(N2CCCC2)nc(C)c1C(C)CNC(C)(C)C. The fourth-order valence-electron chi connectivity index (χ4n) is 3.04. The highest BCUT2D eigenvalue weighted by Gasteiger charge is 2.20. The maximum Gasteiger partial charge on any atom is 0.225 e. The number of nitrogens with one attached hydrogen (secondary N) is 1. The predicted octanol–water partition coefficient (Wildman–Crippen LogP) is 3.19. The van der Waals surface area contributed by atoms with Gasteiger partial charge in [0.2, 0.25) is 5.95 Å². The molecule has 4 nitrogen and oxygen atoms in total. The number of aromatic nitrogens is 2. The van der Waals surface area contributed by atoms with Gasteiger partial charge in [0.1, 0.15) is 0 Å². The number of aryl methyl sites for hydroxylation is 2. The van der Waals surface area contributed by atoms with Crippen LogP contribution in [0.1, 0.15) is 63.4 Å². The van der Waals surface area contributed by atoms with E-state index in [0.29, 0.717) is 5.92 Å². The quantitative estimate of drug-likeness (QED) is 0.924. The first-order valence-electron chi connectivity index (χ1n) is 8.13. The minimum Gasteiger partial charge on any atom is -0.341 e. The maximum atomic E-state index is 4.77. The van der Waals surface area contributed by atoms with E-state index < -0.39 is 0 Å². The molecule has 1 atom stereocenters. The summed E-state index contributed by atoms with van der Waals surface area (Å²) in [6.07, 6.45) is 2.52. The van der Waals surface area contributed by atoms with Crippen molar-refractivity contribution in [1.82, 2.24) is 15.3 Å². The van der Waals surface area contributed by atoms with Crippen molar-refractivity contribution in [3.05, 3.63) is 17.0 Å². The summed E-state index contributed by atoms with van der Waals surface area (Å²) in [5, 5.41) is 3.58. The molecule has 0 radical (unpaired) electrons. The van der Waals surface area contributed by atoms with Crippen molar-refractivity contribution >= 4 is 5.95 Å². The molecule has 1 fully saturated rings. The molecule has 2 heterocycles. The summed E-state index contributed by atoms with van der Waals surface area (Å²) in [6.45, 7) is 16.3. The Hall–Kier alpha value is -1.16. The lowest BCUT2D eigenvalue weighted by Crippen LogP contribution is -2.38. The zero-order valence-corrected chi connectivity index (χ0v) is 14.5. The molecular formula is C17H30N4. The van der Waals surface area contributed by atoms with E-state index in [-0.39, 0.29) is 5.54 Å². The van der Waals surface area contributed by atoms with Crippen LogP contribution in [0.4, 0.5) is 5.95 Å². The lowest BCUT2D eigenvalue weighted by molar-refractivity contribution is 0.411. The lowest BCUT2D eigenvalue weighted by Gasteiger charge is -2.25. The molecule has 0 saturated carbocycles. The second-order valence-electron chi connectivity index (χ2n) is 7.33. The van der Waals surface area contributed by atoms with Gasteiger partial charge in [-0.05, 0) is 58.9 Å². The predicted molar refractivity (Wildman–Crippen MR) is 89.1 cm³/mol. The number of hydrogen-bond donors (Lipinski definition) is 1. The minimum atomic E-state index is 0.145. The molecule has 1 saturated heterocycles. The molecule has 0 spiro atoms. The first kappa shape index (κ1) is 16.2. The zero-order chi connectivity index (χ0) is 15.6. The third-order valence-electron chi connectivity index (χ3n) is 4.14. The van der Waals surface area contributed by atoms with Crippen molar-refractivity contribution < 1.29 is 0 Å². The van der Waals surface area contributed by atoms with Crippen molar-refractivity contribution in [1.29, 1.82) is 0 Å². The highest BCUT2D eigenvalue weighted by atomic mass is 15.3. The average Bonchev–Trinajstić information content (AvgIpc) is 2.88. The Morgan fingerprint density at radius 1 is 1.10 bits per heavy atom. The van der Waals surface area contributed by atoms with E-state index >= 15 is 0 Å². The number of anilines is 1. The van der Waals surface area contributed by atoms with Crippen LogP contribution < -0.4 is 10.2 Å². The lowest BCUT2D eigenvalue weighted by atomic mass is 9.96. The van der Waals surface area contributed by atoms with Crippen LogP contribution in [0.15, 0.2) is 0 Å². The largest absolute Gasteiger partial charge is 0.341 e. The van der Waals surface area contributed by atoms with E-state index in [9.17, 15) is 0 Å². The summed E-state index contributed by atoms with van der Waals surface area (Å²) in [5.41, 5.74) is 3.71. The summed E-state index contributed by atoms with van der Waals surface area (Å²) >= 11 is 0. The number of nitrogens with zero attached hydrogens (tertiary/aromatic N) is 3. The Kier molecular flexibility index (Phi) is 4.87. The first-order chi connectivity index (χ1) is 9.78. The van der Waals surface area contributed by atoms with E-state index in [1.165, 1.54) is 18.4 Å². The number of rotatable bonds is 4. The fourth-order valence-corrected chi connectivity index (χ4v) is 3.04. The van der Waals surface area contributed by atoms with Crippen molar-refractivity contribution in [2.24, 2.45) is 0 Å². The van der Waals surface area contributed by atoms with Crippen molar-refractivity contribution in [3.63, 3.8) is 0 Å². The molecule has 0 aliphatic carbocycles. The fraction of sp³-hybridized carbons (Fsp3) is 0.765. The molecule has 0 amide bonds. The smallest absolute Gasteiger partial charge is 0.225 e. The van der Waals surface area contributed by atoms with E-state index in [2.05, 4.69) is 51.8 Å². The van der Waals surface area contributed by atoms with E-state index in [1.807, 2.05) is 0 Å². The van der Waals surface area contributed by atoms with Crippen LogP contribution in [-0.4, -0.2) is 35.1 Å². The first-order valence-corrected chi connectivity index (χ1v) is 8.13. The summed E-state index contributed by atoms with van der Waals surface area (Å²) < 4.78 is 0. The van der Waals surface area contributed by atoms with Gasteiger partial charge in [-0.3, -0.25) is 0 Å². The Labute approximate surface area is 129 Å². The second kappa shape index (κ2) is 6.30. The molecule has 2 rings (SSSR count). The molecule has 1 unspecified atom stereocenters. The van der Waals surface area contributed by atoms with Crippen LogP contribution >= 0.6 is 0 Å². The topological polar surface area (TPSA) is 41.1 Å². The maximum absolute atomic E-state index is 4.77. The van der Waals surface area contributed by atoms with Crippen molar-refractivity contribution in [3.8, 4) is 0 Å². The van der Waals surface area contributed by atoms with Crippen LogP contribution in [0.3, 0.4) is 0 Å². The summed E-state index contributed by atoms with van der Waals surface area (Å²) in [4.78, 5) is 11.8. The van der Waals surface area contributed by atoms with Gasteiger partial charge in [0.15, 0.2) is 0 Å². The molecule has 0 aromatic carbocycles. The van der Waals surface area contributed by atoms with Gasteiger partial charge >= 0.3 is 0 Å². The summed E-state index contributed by atoms with van der Waals surface area (Å²) in [6, 6.07) is 0. The minimum absolute atomic E-state index is 0.145. The Morgan fingerprint density at radius 2 is 1.62 bits per heavy atom. The zero-order valence-electron chi connectivity index (χ0n) is 14.5.